The van der Waals surface area contributed by atoms with Crippen LogP contribution in [0.15, 0.2) is 12.2 Å². The molecule has 0 heterocycles. The van der Waals surface area contributed by atoms with Crippen molar-refractivity contribution in [3.63, 3.8) is 0 Å². The summed E-state index contributed by atoms with van der Waals surface area (Å²) >= 11 is 0. The van der Waals surface area contributed by atoms with Crippen molar-refractivity contribution in [2.45, 2.75) is 52.9 Å². The minimum atomic E-state index is -0.835. The Morgan fingerprint density at radius 3 is 2.12 bits per heavy atom. The molecule has 0 amide bonds. The molecule has 1 rings (SSSR count). The van der Waals surface area contributed by atoms with E-state index < -0.39 is 5.97 Å². The third-order valence-electron chi connectivity index (χ3n) is 3.91. The molecule has 1 aliphatic rings. The zero-order valence-corrected chi connectivity index (χ0v) is 10.8. The van der Waals surface area contributed by atoms with Crippen LogP contribution < -0.4 is 0 Å². The summed E-state index contributed by atoms with van der Waals surface area (Å²) in [7, 11) is 0. The fraction of sp³-hybridized carbons (Fsp3) is 0.786. The van der Waals surface area contributed by atoms with Crippen molar-refractivity contribution in [2.24, 2.45) is 17.3 Å². The third-order valence-corrected chi connectivity index (χ3v) is 3.91. The Hall–Kier alpha value is -0.790. The molecule has 0 spiro atoms. The Morgan fingerprint density at radius 2 is 1.75 bits per heavy atom. The van der Waals surface area contributed by atoms with Gasteiger partial charge in [-0.05, 0) is 49.4 Å². The minimum absolute atomic E-state index is 0.374. The van der Waals surface area contributed by atoms with Crippen LogP contribution in [0.1, 0.15) is 52.9 Å². The first-order valence-electron chi connectivity index (χ1n) is 6.21. The lowest BCUT2D eigenvalue weighted by Gasteiger charge is -2.37. The van der Waals surface area contributed by atoms with E-state index in [1.165, 1.54) is 12.8 Å². The molecule has 1 fully saturated rings. The van der Waals surface area contributed by atoms with Crippen LogP contribution in [-0.4, -0.2) is 11.1 Å². The maximum atomic E-state index is 10.7. The van der Waals surface area contributed by atoms with Crippen molar-refractivity contribution < 1.29 is 9.90 Å². The highest BCUT2D eigenvalue weighted by atomic mass is 16.4. The molecule has 0 aromatic carbocycles. The van der Waals surface area contributed by atoms with Crippen LogP contribution in [0.5, 0.6) is 0 Å². The summed E-state index contributed by atoms with van der Waals surface area (Å²) in [4.78, 5) is 10.7. The van der Waals surface area contributed by atoms with Crippen LogP contribution in [0, 0.1) is 17.3 Å². The van der Waals surface area contributed by atoms with Crippen LogP contribution in [0.25, 0.3) is 0 Å². The molecule has 92 valence electrons. The molecule has 0 aromatic heterocycles. The number of aliphatic carboxylic acids is 1. The molecule has 0 aromatic rings. The predicted octanol–water partition coefficient (Wildman–Crippen LogP) is 3.87. The molecule has 0 bridgehead atoms. The van der Waals surface area contributed by atoms with Crippen LogP contribution >= 0.6 is 0 Å². The lowest BCUT2D eigenvalue weighted by molar-refractivity contribution is -0.132. The van der Waals surface area contributed by atoms with Gasteiger partial charge in [-0.3, -0.25) is 0 Å². The van der Waals surface area contributed by atoms with Gasteiger partial charge in [0.25, 0.3) is 0 Å². The monoisotopic (exact) mass is 224 g/mol. The van der Waals surface area contributed by atoms with Gasteiger partial charge in [-0.1, -0.05) is 27.4 Å². The number of hydrogen-bond acceptors (Lipinski definition) is 1. The SMILES string of the molecule is C=C(CC1CCC(C(C)(C)C)CC1)C(=O)O. The van der Waals surface area contributed by atoms with Crippen LogP contribution in [0.2, 0.25) is 0 Å². The molecular formula is C14H24O2. The molecule has 0 unspecified atom stereocenters. The zero-order chi connectivity index (χ0) is 12.3. The van der Waals surface area contributed by atoms with E-state index in [2.05, 4.69) is 27.4 Å². The number of hydrogen-bond donors (Lipinski definition) is 1. The summed E-state index contributed by atoms with van der Waals surface area (Å²) in [5.74, 6) is 0.502. The van der Waals surface area contributed by atoms with Gasteiger partial charge in [0, 0.05) is 5.57 Å². The Labute approximate surface area is 98.7 Å². The number of carboxylic acids is 1. The molecule has 1 aliphatic carbocycles. The van der Waals surface area contributed by atoms with E-state index in [-0.39, 0.29) is 0 Å². The highest BCUT2D eigenvalue weighted by Crippen LogP contribution is 2.41. The largest absolute Gasteiger partial charge is 0.478 e. The van der Waals surface area contributed by atoms with E-state index in [1.54, 1.807) is 0 Å². The molecule has 0 aliphatic heterocycles. The van der Waals surface area contributed by atoms with Gasteiger partial charge in [-0.25, -0.2) is 4.79 Å². The van der Waals surface area contributed by atoms with Crippen molar-refractivity contribution in [3.8, 4) is 0 Å². The van der Waals surface area contributed by atoms with E-state index in [4.69, 9.17) is 5.11 Å². The first kappa shape index (κ1) is 13.3. The second-order valence-corrected chi connectivity index (χ2v) is 6.20. The van der Waals surface area contributed by atoms with Crippen LogP contribution in [0.4, 0.5) is 0 Å². The topological polar surface area (TPSA) is 37.3 Å². The first-order valence-corrected chi connectivity index (χ1v) is 6.21. The summed E-state index contributed by atoms with van der Waals surface area (Å²) in [5.41, 5.74) is 0.772. The predicted molar refractivity (Wildman–Crippen MR) is 66.3 cm³/mol. The lowest BCUT2D eigenvalue weighted by atomic mass is 9.69. The summed E-state index contributed by atoms with van der Waals surface area (Å²) < 4.78 is 0. The van der Waals surface area contributed by atoms with Crippen molar-refractivity contribution in [2.75, 3.05) is 0 Å². The van der Waals surface area contributed by atoms with Crippen molar-refractivity contribution in [1.29, 1.82) is 0 Å². The molecule has 0 radical (unpaired) electrons. The van der Waals surface area contributed by atoms with E-state index in [0.717, 1.165) is 18.8 Å². The number of carbonyl (C=O) groups is 1. The normalized spacial score (nSPS) is 26.4. The van der Waals surface area contributed by atoms with Crippen molar-refractivity contribution >= 4 is 5.97 Å². The van der Waals surface area contributed by atoms with Gasteiger partial charge < -0.3 is 5.11 Å². The third kappa shape index (κ3) is 3.66. The van der Waals surface area contributed by atoms with Crippen LogP contribution in [-0.2, 0) is 4.79 Å². The quantitative estimate of drug-likeness (QED) is 0.739. The maximum Gasteiger partial charge on any atom is 0.330 e. The van der Waals surface area contributed by atoms with Gasteiger partial charge in [0.1, 0.15) is 0 Å². The maximum absolute atomic E-state index is 10.7. The van der Waals surface area contributed by atoms with Gasteiger partial charge in [-0.2, -0.15) is 0 Å². The molecule has 1 N–H and O–H groups in total. The van der Waals surface area contributed by atoms with Crippen molar-refractivity contribution in [3.05, 3.63) is 12.2 Å². The van der Waals surface area contributed by atoms with E-state index in [0.29, 0.717) is 23.3 Å². The standard InChI is InChI=1S/C14H24O2/c1-10(13(15)16)9-11-5-7-12(8-6-11)14(2,3)4/h11-12H,1,5-9H2,2-4H3,(H,15,16). The smallest absolute Gasteiger partial charge is 0.330 e. The lowest BCUT2D eigenvalue weighted by Crippen LogP contribution is -2.26. The van der Waals surface area contributed by atoms with E-state index >= 15 is 0 Å². The number of carboxylic acid groups (broad SMARTS) is 1. The molecular weight excluding hydrogens is 200 g/mol. The van der Waals surface area contributed by atoms with Crippen molar-refractivity contribution in [1.82, 2.24) is 0 Å². The highest BCUT2D eigenvalue weighted by Gasteiger charge is 2.30. The van der Waals surface area contributed by atoms with Crippen LogP contribution in [0.3, 0.4) is 0 Å². The first-order chi connectivity index (χ1) is 7.30. The minimum Gasteiger partial charge on any atom is -0.478 e. The molecule has 16 heavy (non-hydrogen) atoms. The summed E-state index contributed by atoms with van der Waals surface area (Å²) in [6.07, 6.45) is 5.47. The second kappa shape index (κ2) is 5.03. The molecule has 0 atom stereocenters. The zero-order valence-electron chi connectivity index (χ0n) is 10.8. The van der Waals surface area contributed by atoms with Gasteiger partial charge >= 0.3 is 5.97 Å². The summed E-state index contributed by atoms with van der Waals surface area (Å²) in [6, 6.07) is 0. The van der Waals surface area contributed by atoms with Gasteiger partial charge in [0.15, 0.2) is 0 Å². The van der Waals surface area contributed by atoms with E-state index in [9.17, 15) is 4.79 Å². The summed E-state index contributed by atoms with van der Waals surface area (Å²) in [6.45, 7) is 10.5. The van der Waals surface area contributed by atoms with Gasteiger partial charge in [-0.15, -0.1) is 0 Å². The number of rotatable bonds is 3. The van der Waals surface area contributed by atoms with Gasteiger partial charge in [0.05, 0.1) is 0 Å². The average Bonchev–Trinajstić information content (AvgIpc) is 2.17. The molecule has 2 nitrogen and oxygen atoms in total. The Morgan fingerprint density at radius 1 is 1.25 bits per heavy atom. The van der Waals surface area contributed by atoms with E-state index in [1.807, 2.05) is 0 Å². The molecule has 1 saturated carbocycles. The summed E-state index contributed by atoms with van der Waals surface area (Å²) in [5, 5.41) is 8.79. The molecule has 2 heteroatoms. The average molecular weight is 224 g/mol. The fourth-order valence-corrected chi connectivity index (χ4v) is 2.67. The highest BCUT2D eigenvalue weighted by molar-refractivity contribution is 5.85. The molecule has 0 saturated heterocycles. The fourth-order valence-electron chi connectivity index (χ4n) is 2.67. The second-order valence-electron chi connectivity index (χ2n) is 6.20. The Balaban J connectivity index is 2.38. The Bertz CT molecular complexity index is 265. The van der Waals surface area contributed by atoms with Gasteiger partial charge in [0.2, 0.25) is 0 Å². The Kier molecular flexibility index (Phi) is 4.17.